The Balaban J connectivity index is 1.93. The number of aromatic hydroxyl groups is 1. The van der Waals surface area contributed by atoms with Crippen molar-refractivity contribution in [2.45, 2.75) is 6.42 Å². The molecule has 150 valence electrons. The number of carbonyl (C=O) groups is 1. The second kappa shape index (κ2) is 8.91. The van der Waals surface area contributed by atoms with E-state index in [0.29, 0.717) is 38.9 Å². The number of hydrogen-bond acceptors (Lipinski definition) is 3. The molecule has 0 aromatic heterocycles. The molecule has 1 amide bonds. The molecule has 0 spiro atoms. The van der Waals surface area contributed by atoms with Gasteiger partial charge in [0.15, 0.2) is 6.61 Å². The number of ether oxygens (including phenoxy) is 1. The van der Waals surface area contributed by atoms with E-state index in [-0.39, 0.29) is 17.4 Å². The molecule has 3 aromatic carbocycles. The van der Waals surface area contributed by atoms with Crippen LogP contribution in [0.5, 0.6) is 11.5 Å². The van der Waals surface area contributed by atoms with E-state index >= 15 is 0 Å². The zero-order valence-electron chi connectivity index (χ0n) is 14.9. The molecule has 0 aliphatic heterocycles. The number of phenols is 1. The van der Waals surface area contributed by atoms with E-state index in [1.807, 2.05) is 0 Å². The summed E-state index contributed by atoms with van der Waals surface area (Å²) in [4.78, 5) is 10.8. The third kappa shape index (κ3) is 4.93. The summed E-state index contributed by atoms with van der Waals surface area (Å²) in [6.45, 7) is -0.290. The predicted molar refractivity (Wildman–Crippen MR) is 112 cm³/mol. The minimum atomic E-state index is -0.617. The molecule has 0 saturated heterocycles. The van der Waals surface area contributed by atoms with Crippen molar-refractivity contribution >= 4 is 40.7 Å². The summed E-state index contributed by atoms with van der Waals surface area (Å²) < 4.78 is 19.0. The highest BCUT2D eigenvalue weighted by Crippen LogP contribution is 2.38. The van der Waals surface area contributed by atoms with Crippen LogP contribution >= 0.6 is 34.8 Å². The Hall–Kier alpha value is -2.47. The number of hydrogen-bond donors (Lipinski definition) is 2. The standard InChI is InChI=1S/C21H15Cl3FNO3/c22-16-8-12(29-10-20(26)28)9-17(23)15(16)7-11-4-5-19(27)14(6-11)13-2-1-3-18(25)21(13)24/h1-6,8-9,27H,7,10H2,(H2,26,28). The Morgan fingerprint density at radius 1 is 1.03 bits per heavy atom. The smallest absolute Gasteiger partial charge is 0.255 e. The number of primary amides is 1. The molecule has 29 heavy (non-hydrogen) atoms. The lowest BCUT2D eigenvalue weighted by atomic mass is 9.98. The summed E-state index contributed by atoms with van der Waals surface area (Å²) in [6, 6.07) is 12.4. The van der Waals surface area contributed by atoms with Crippen LogP contribution in [-0.4, -0.2) is 17.6 Å². The van der Waals surface area contributed by atoms with E-state index in [1.165, 1.54) is 30.3 Å². The van der Waals surface area contributed by atoms with Gasteiger partial charge in [-0.3, -0.25) is 4.79 Å². The highest BCUT2D eigenvalue weighted by molar-refractivity contribution is 6.36. The minimum Gasteiger partial charge on any atom is -0.507 e. The van der Waals surface area contributed by atoms with Crippen LogP contribution in [-0.2, 0) is 11.2 Å². The van der Waals surface area contributed by atoms with Crippen LogP contribution in [0.1, 0.15) is 11.1 Å². The molecule has 3 aromatic rings. The number of phenolic OH excluding ortho intramolecular Hbond substituents is 1. The molecular weight excluding hydrogens is 440 g/mol. The minimum absolute atomic E-state index is 0.0337. The van der Waals surface area contributed by atoms with E-state index in [1.54, 1.807) is 18.2 Å². The average molecular weight is 455 g/mol. The van der Waals surface area contributed by atoms with Crippen molar-refractivity contribution in [1.29, 1.82) is 0 Å². The van der Waals surface area contributed by atoms with Gasteiger partial charge in [0.25, 0.3) is 5.91 Å². The first-order valence-corrected chi connectivity index (χ1v) is 9.55. The molecule has 0 saturated carbocycles. The Labute approximate surface area is 181 Å². The van der Waals surface area contributed by atoms with Gasteiger partial charge in [-0.25, -0.2) is 4.39 Å². The van der Waals surface area contributed by atoms with Gasteiger partial charge >= 0.3 is 0 Å². The lowest BCUT2D eigenvalue weighted by Crippen LogP contribution is -2.20. The number of benzene rings is 3. The fourth-order valence-electron chi connectivity index (χ4n) is 2.81. The molecule has 0 bridgehead atoms. The van der Waals surface area contributed by atoms with E-state index in [4.69, 9.17) is 45.3 Å². The Morgan fingerprint density at radius 3 is 2.38 bits per heavy atom. The predicted octanol–water partition coefficient (Wildman–Crippen LogP) is 5.61. The molecule has 0 heterocycles. The summed E-state index contributed by atoms with van der Waals surface area (Å²) in [5.41, 5.74) is 7.22. The van der Waals surface area contributed by atoms with Crippen molar-refractivity contribution < 1.29 is 19.0 Å². The van der Waals surface area contributed by atoms with Gasteiger partial charge in [-0.2, -0.15) is 0 Å². The first kappa shape index (κ1) is 21.2. The summed E-state index contributed by atoms with van der Waals surface area (Å²) in [5, 5.41) is 10.8. The zero-order valence-corrected chi connectivity index (χ0v) is 17.2. The molecule has 0 atom stereocenters. The summed E-state index contributed by atoms with van der Waals surface area (Å²) in [5.74, 6) is -0.908. The van der Waals surface area contributed by atoms with Gasteiger partial charge in [-0.1, -0.05) is 53.0 Å². The molecule has 4 nitrogen and oxygen atoms in total. The lowest BCUT2D eigenvalue weighted by molar-refractivity contribution is -0.119. The number of halogens is 4. The van der Waals surface area contributed by atoms with Crippen molar-refractivity contribution in [2.75, 3.05) is 6.61 Å². The molecule has 8 heteroatoms. The number of carbonyl (C=O) groups excluding carboxylic acids is 1. The summed E-state index contributed by atoms with van der Waals surface area (Å²) in [6.07, 6.45) is 0.341. The molecule has 3 N–H and O–H groups in total. The molecular formula is C21H15Cl3FNO3. The van der Waals surface area contributed by atoms with Crippen LogP contribution in [0.15, 0.2) is 48.5 Å². The van der Waals surface area contributed by atoms with E-state index in [2.05, 4.69) is 0 Å². The third-order valence-corrected chi connectivity index (χ3v) is 5.24. The van der Waals surface area contributed by atoms with Gasteiger partial charge in [0.05, 0.1) is 5.02 Å². The van der Waals surface area contributed by atoms with Crippen LogP contribution < -0.4 is 10.5 Å². The monoisotopic (exact) mass is 453 g/mol. The van der Waals surface area contributed by atoms with Crippen LogP contribution in [0.2, 0.25) is 15.1 Å². The van der Waals surface area contributed by atoms with E-state index in [0.717, 1.165) is 5.56 Å². The number of amides is 1. The maximum absolute atomic E-state index is 13.8. The fourth-order valence-corrected chi connectivity index (χ4v) is 3.64. The van der Waals surface area contributed by atoms with Crippen molar-refractivity contribution in [2.24, 2.45) is 5.73 Å². The van der Waals surface area contributed by atoms with E-state index < -0.39 is 11.7 Å². The van der Waals surface area contributed by atoms with Gasteiger partial charge < -0.3 is 15.6 Å². The first-order chi connectivity index (χ1) is 13.8. The molecule has 0 radical (unpaired) electrons. The first-order valence-electron chi connectivity index (χ1n) is 8.41. The lowest BCUT2D eigenvalue weighted by Gasteiger charge is -2.13. The fraction of sp³-hybridized carbons (Fsp3) is 0.0952. The normalized spacial score (nSPS) is 10.8. The maximum atomic E-state index is 13.8. The topological polar surface area (TPSA) is 72.6 Å². The Kier molecular flexibility index (Phi) is 6.52. The van der Waals surface area contributed by atoms with Crippen LogP contribution in [0.4, 0.5) is 4.39 Å². The maximum Gasteiger partial charge on any atom is 0.255 e. The second-order valence-electron chi connectivity index (χ2n) is 6.25. The second-order valence-corrected chi connectivity index (χ2v) is 7.44. The number of nitrogens with two attached hydrogens (primary N) is 1. The third-order valence-electron chi connectivity index (χ3n) is 4.18. The van der Waals surface area contributed by atoms with Crippen molar-refractivity contribution in [3.8, 4) is 22.6 Å². The summed E-state index contributed by atoms with van der Waals surface area (Å²) in [7, 11) is 0. The van der Waals surface area contributed by atoms with Crippen molar-refractivity contribution in [3.05, 3.63) is 80.5 Å². The Bertz CT molecular complexity index is 1070. The molecule has 0 fully saturated rings. The van der Waals surface area contributed by atoms with Crippen molar-refractivity contribution in [3.63, 3.8) is 0 Å². The SMILES string of the molecule is NC(=O)COc1cc(Cl)c(Cc2ccc(O)c(-c3cccc(F)c3Cl)c2)c(Cl)c1. The molecule has 0 aliphatic rings. The average Bonchev–Trinajstić information content (AvgIpc) is 2.66. The van der Waals surface area contributed by atoms with Crippen LogP contribution in [0.25, 0.3) is 11.1 Å². The molecule has 0 aliphatic carbocycles. The highest BCUT2D eigenvalue weighted by Gasteiger charge is 2.15. The van der Waals surface area contributed by atoms with Gasteiger partial charge in [-0.15, -0.1) is 0 Å². The van der Waals surface area contributed by atoms with Gasteiger partial charge in [-0.05, 0) is 41.5 Å². The van der Waals surface area contributed by atoms with E-state index in [9.17, 15) is 14.3 Å². The van der Waals surface area contributed by atoms with Crippen LogP contribution in [0, 0.1) is 5.82 Å². The van der Waals surface area contributed by atoms with Gasteiger partial charge in [0.1, 0.15) is 17.3 Å². The van der Waals surface area contributed by atoms with Gasteiger partial charge in [0.2, 0.25) is 0 Å². The van der Waals surface area contributed by atoms with Crippen LogP contribution in [0.3, 0.4) is 0 Å². The quantitative estimate of drug-likeness (QED) is 0.508. The Morgan fingerprint density at radius 2 is 1.72 bits per heavy atom. The molecule has 3 rings (SSSR count). The highest BCUT2D eigenvalue weighted by atomic mass is 35.5. The van der Waals surface area contributed by atoms with Gasteiger partial charge in [0, 0.05) is 27.6 Å². The number of rotatable bonds is 6. The molecule has 0 unspecified atom stereocenters. The summed E-state index contributed by atoms with van der Waals surface area (Å²) >= 11 is 18.7. The zero-order chi connectivity index (χ0) is 21.1. The largest absolute Gasteiger partial charge is 0.507 e. The van der Waals surface area contributed by atoms with Crippen molar-refractivity contribution in [1.82, 2.24) is 0 Å².